The van der Waals surface area contributed by atoms with E-state index in [1.54, 1.807) is 6.92 Å². The van der Waals surface area contributed by atoms with E-state index < -0.39 is 5.97 Å². The Labute approximate surface area is 114 Å². The Balaban J connectivity index is 2.55. The molecule has 0 bridgehead atoms. The number of carbonyl (C=O) groups excluding carboxylic acids is 2. The first kappa shape index (κ1) is 15.2. The molecule has 4 nitrogen and oxygen atoms in total. The fourth-order valence-electron chi connectivity index (χ4n) is 1.81. The highest BCUT2D eigenvalue weighted by Gasteiger charge is 2.10. The van der Waals surface area contributed by atoms with Crippen molar-refractivity contribution in [3.05, 3.63) is 34.4 Å². The number of aryl methyl sites for hydroxylation is 3. The number of carbonyl (C=O) groups is 2. The summed E-state index contributed by atoms with van der Waals surface area (Å²) in [6.07, 6.45) is -0.224. The number of ether oxygens (including phenoxy) is 1. The van der Waals surface area contributed by atoms with Crippen molar-refractivity contribution in [2.45, 2.75) is 40.7 Å². The molecule has 19 heavy (non-hydrogen) atoms. The Morgan fingerprint density at radius 1 is 1.11 bits per heavy atom. The molecule has 1 aromatic carbocycles. The van der Waals surface area contributed by atoms with Gasteiger partial charge in [-0.15, -0.1) is 0 Å². The maximum Gasteiger partial charge on any atom is 0.315 e. The van der Waals surface area contributed by atoms with Crippen molar-refractivity contribution in [2.24, 2.45) is 0 Å². The van der Waals surface area contributed by atoms with Gasteiger partial charge in [0.05, 0.1) is 6.61 Å². The van der Waals surface area contributed by atoms with Gasteiger partial charge in [-0.25, -0.2) is 0 Å². The summed E-state index contributed by atoms with van der Waals surface area (Å²) in [6.45, 7) is 8.56. The molecule has 1 aromatic rings. The fraction of sp³-hybridized carbons (Fsp3) is 0.467. The molecule has 0 saturated carbocycles. The standard InChI is InChI=1S/C15H21NO3/c1-5-19-15(18)8-14(17)16-9-13-7-11(3)10(2)6-12(13)4/h6-7H,5,8-9H2,1-4H3,(H,16,17). The summed E-state index contributed by atoms with van der Waals surface area (Å²) < 4.78 is 4.72. The third-order valence-corrected chi connectivity index (χ3v) is 3.04. The van der Waals surface area contributed by atoms with Crippen molar-refractivity contribution in [1.29, 1.82) is 0 Å². The van der Waals surface area contributed by atoms with E-state index in [-0.39, 0.29) is 12.3 Å². The van der Waals surface area contributed by atoms with Gasteiger partial charge in [-0.1, -0.05) is 12.1 Å². The van der Waals surface area contributed by atoms with E-state index in [0.29, 0.717) is 13.2 Å². The minimum absolute atomic E-state index is 0.224. The van der Waals surface area contributed by atoms with Gasteiger partial charge < -0.3 is 10.1 Å². The van der Waals surface area contributed by atoms with E-state index in [0.717, 1.165) is 11.1 Å². The molecule has 0 aromatic heterocycles. The monoisotopic (exact) mass is 263 g/mol. The van der Waals surface area contributed by atoms with Crippen LogP contribution in [0.3, 0.4) is 0 Å². The van der Waals surface area contributed by atoms with Crippen LogP contribution in [0.5, 0.6) is 0 Å². The van der Waals surface area contributed by atoms with Crippen molar-refractivity contribution in [3.8, 4) is 0 Å². The zero-order chi connectivity index (χ0) is 14.4. The van der Waals surface area contributed by atoms with Crippen molar-refractivity contribution in [3.63, 3.8) is 0 Å². The molecule has 0 aliphatic rings. The molecular formula is C15H21NO3. The lowest BCUT2D eigenvalue weighted by atomic mass is 10.0. The van der Waals surface area contributed by atoms with Gasteiger partial charge in [-0.2, -0.15) is 0 Å². The van der Waals surface area contributed by atoms with E-state index in [1.165, 1.54) is 11.1 Å². The van der Waals surface area contributed by atoms with Crippen LogP contribution in [0.15, 0.2) is 12.1 Å². The lowest BCUT2D eigenvalue weighted by Crippen LogP contribution is -2.26. The lowest BCUT2D eigenvalue weighted by Gasteiger charge is -2.11. The van der Waals surface area contributed by atoms with E-state index in [1.807, 2.05) is 13.8 Å². The van der Waals surface area contributed by atoms with Crippen LogP contribution in [-0.4, -0.2) is 18.5 Å². The number of esters is 1. The maximum absolute atomic E-state index is 11.6. The largest absolute Gasteiger partial charge is 0.466 e. The highest BCUT2D eigenvalue weighted by atomic mass is 16.5. The molecule has 1 amide bonds. The van der Waals surface area contributed by atoms with Crippen molar-refractivity contribution < 1.29 is 14.3 Å². The molecule has 1 N–H and O–H groups in total. The molecule has 0 atom stereocenters. The Kier molecular flexibility index (Phi) is 5.55. The number of amides is 1. The maximum atomic E-state index is 11.6. The molecule has 0 spiro atoms. The quantitative estimate of drug-likeness (QED) is 0.654. The number of nitrogens with one attached hydrogen (secondary N) is 1. The smallest absolute Gasteiger partial charge is 0.315 e. The average molecular weight is 263 g/mol. The van der Waals surface area contributed by atoms with E-state index in [4.69, 9.17) is 4.74 Å². The first-order valence-electron chi connectivity index (χ1n) is 6.43. The topological polar surface area (TPSA) is 55.4 Å². The second-order valence-electron chi connectivity index (χ2n) is 4.62. The van der Waals surface area contributed by atoms with Gasteiger partial charge in [0.25, 0.3) is 0 Å². The second kappa shape index (κ2) is 6.92. The summed E-state index contributed by atoms with van der Waals surface area (Å²) in [4.78, 5) is 22.7. The summed E-state index contributed by atoms with van der Waals surface area (Å²) in [5.74, 6) is -0.798. The highest BCUT2D eigenvalue weighted by molar-refractivity contribution is 5.94. The molecule has 0 saturated heterocycles. The number of hydrogen-bond donors (Lipinski definition) is 1. The molecule has 4 heteroatoms. The number of rotatable bonds is 5. The first-order valence-corrected chi connectivity index (χ1v) is 6.43. The van der Waals surface area contributed by atoms with E-state index in [2.05, 4.69) is 24.4 Å². The normalized spacial score (nSPS) is 10.1. The van der Waals surface area contributed by atoms with Crippen molar-refractivity contribution in [2.75, 3.05) is 6.61 Å². The zero-order valence-electron chi connectivity index (χ0n) is 12.0. The van der Waals surface area contributed by atoms with Crippen LogP contribution in [0.2, 0.25) is 0 Å². The van der Waals surface area contributed by atoms with Gasteiger partial charge in [0, 0.05) is 6.54 Å². The number of hydrogen-bond acceptors (Lipinski definition) is 3. The van der Waals surface area contributed by atoms with Crippen molar-refractivity contribution in [1.82, 2.24) is 5.32 Å². The van der Waals surface area contributed by atoms with Crippen LogP contribution in [0, 0.1) is 20.8 Å². The van der Waals surface area contributed by atoms with E-state index >= 15 is 0 Å². The van der Waals surface area contributed by atoms with Gasteiger partial charge in [-0.05, 0) is 49.9 Å². The third-order valence-electron chi connectivity index (χ3n) is 3.04. The summed E-state index contributed by atoms with van der Waals surface area (Å²) in [6, 6.07) is 4.16. The van der Waals surface area contributed by atoms with Gasteiger partial charge in [0.15, 0.2) is 0 Å². The minimum Gasteiger partial charge on any atom is -0.466 e. The molecule has 0 radical (unpaired) electrons. The molecule has 0 aliphatic carbocycles. The third kappa shape index (κ3) is 4.73. The molecule has 0 fully saturated rings. The van der Waals surface area contributed by atoms with Crippen LogP contribution in [0.4, 0.5) is 0 Å². The fourth-order valence-corrected chi connectivity index (χ4v) is 1.81. The van der Waals surface area contributed by atoms with E-state index in [9.17, 15) is 9.59 Å². The second-order valence-corrected chi connectivity index (χ2v) is 4.62. The Hall–Kier alpha value is -1.84. The first-order chi connectivity index (χ1) is 8.93. The predicted octanol–water partition coefficient (Wildman–Crippen LogP) is 2.18. The zero-order valence-corrected chi connectivity index (χ0v) is 12.0. The minimum atomic E-state index is -0.489. The Morgan fingerprint density at radius 3 is 2.37 bits per heavy atom. The molecule has 104 valence electrons. The summed E-state index contributed by atoms with van der Waals surface area (Å²) >= 11 is 0. The van der Waals surface area contributed by atoms with Crippen LogP contribution in [0.25, 0.3) is 0 Å². The SMILES string of the molecule is CCOC(=O)CC(=O)NCc1cc(C)c(C)cc1C. The van der Waals surface area contributed by atoms with Crippen LogP contribution >= 0.6 is 0 Å². The van der Waals surface area contributed by atoms with Gasteiger partial charge in [-0.3, -0.25) is 9.59 Å². The summed E-state index contributed by atoms with van der Waals surface area (Å²) in [5.41, 5.74) is 4.64. The predicted molar refractivity (Wildman–Crippen MR) is 73.7 cm³/mol. The Bertz CT molecular complexity index is 481. The molecule has 0 aliphatic heterocycles. The van der Waals surface area contributed by atoms with Crippen LogP contribution in [-0.2, 0) is 20.9 Å². The molecule has 1 rings (SSSR count). The summed E-state index contributed by atoms with van der Waals surface area (Å²) in [5, 5.41) is 2.74. The molecule has 0 heterocycles. The van der Waals surface area contributed by atoms with Crippen LogP contribution < -0.4 is 5.32 Å². The highest BCUT2D eigenvalue weighted by Crippen LogP contribution is 2.15. The molecule has 0 unspecified atom stereocenters. The van der Waals surface area contributed by atoms with Gasteiger partial charge in [0.1, 0.15) is 6.42 Å². The lowest BCUT2D eigenvalue weighted by molar-refractivity contribution is -0.146. The number of benzene rings is 1. The van der Waals surface area contributed by atoms with Crippen molar-refractivity contribution >= 4 is 11.9 Å². The Morgan fingerprint density at radius 2 is 1.74 bits per heavy atom. The van der Waals surface area contributed by atoms with Gasteiger partial charge >= 0.3 is 5.97 Å². The van der Waals surface area contributed by atoms with Crippen LogP contribution in [0.1, 0.15) is 35.6 Å². The average Bonchev–Trinajstić information content (AvgIpc) is 2.32. The molecular weight excluding hydrogens is 242 g/mol. The van der Waals surface area contributed by atoms with Gasteiger partial charge in [0.2, 0.25) is 5.91 Å². The summed E-state index contributed by atoms with van der Waals surface area (Å²) in [7, 11) is 0.